The van der Waals surface area contributed by atoms with Crippen molar-refractivity contribution in [1.29, 1.82) is 0 Å². The first kappa shape index (κ1) is 18.0. The van der Waals surface area contributed by atoms with Gasteiger partial charge in [-0.15, -0.1) is 5.10 Å². The Hall–Kier alpha value is -1.06. The molecule has 0 aliphatic carbocycles. The van der Waals surface area contributed by atoms with E-state index in [4.69, 9.17) is 18.9 Å². The molecule has 0 aromatic carbocycles. The number of ether oxygens (including phenoxy) is 4. The van der Waals surface area contributed by atoms with Crippen LogP contribution in [0.3, 0.4) is 0 Å². The zero-order valence-electron chi connectivity index (χ0n) is 12.9. The predicted molar refractivity (Wildman–Crippen MR) is 77.1 cm³/mol. The van der Waals surface area contributed by atoms with E-state index >= 15 is 0 Å². The third kappa shape index (κ3) is 9.48. The Kier molecular flexibility index (Phi) is 10.8. The van der Waals surface area contributed by atoms with Crippen molar-refractivity contribution in [3.05, 3.63) is 11.9 Å². The zero-order chi connectivity index (χ0) is 15.2. The van der Waals surface area contributed by atoms with Crippen LogP contribution in [0, 0.1) is 0 Å². The number of hydrogen-bond acceptors (Lipinski definition) is 7. The maximum atomic E-state index is 5.45. The molecule has 0 aliphatic rings. The molecule has 0 spiro atoms. The number of methoxy groups -OCH3 is 2. The molecule has 0 radical (unpaired) electrons. The average molecular weight is 302 g/mol. The van der Waals surface area contributed by atoms with Crippen LogP contribution in [-0.4, -0.2) is 75.4 Å². The first-order valence-corrected chi connectivity index (χ1v) is 7.10. The summed E-state index contributed by atoms with van der Waals surface area (Å²) in [5.74, 6) is 0. The molecule has 0 saturated heterocycles. The molecule has 21 heavy (non-hydrogen) atoms. The van der Waals surface area contributed by atoms with Crippen LogP contribution in [0.15, 0.2) is 6.20 Å². The molecule has 0 unspecified atom stereocenters. The van der Waals surface area contributed by atoms with Gasteiger partial charge in [-0.25, -0.2) is 4.68 Å². The topological polar surface area (TPSA) is 79.7 Å². The highest BCUT2D eigenvalue weighted by Crippen LogP contribution is 1.93. The lowest BCUT2D eigenvalue weighted by Crippen LogP contribution is -2.18. The highest BCUT2D eigenvalue weighted by Gasteiger charge is 2.00. The summed E-state index contributed by atoms with van der Waals surface area (Å²) in [4.78, 5) is 0. The Morgan fingerprint density at radius 3 is 2.48 bits per heavy atom. The van der Waals surface area contributed by atoms with Crippen molar-refractivity contribution >= 4 is 0 Å². The molecule has 1 aromatic heterocycles. The third-order valence-corrected chi connectivity index (χ3v) is 2.64. The van der Waals surface area contributed by atoms with Crippen LogP contribution in [0.5, 0.6) is 0 Å². The van der Waals surface area contributed by atoms with Gasteiger partial charge in [0.15, 0.2) is 0 Å². The molecule has 1 aromatic rings. The summed E-state index contributed by atoms with van der Waals surface area (Å²) in [5, 5.41) is 11.3. The summed E-state index contributed by atoms with van der Waals surface area (Å²) in [6.45, 7) is 5.82. The summed E-state index contributed by atoms with van der Waals surface area (Å²) in [7, 11) is 3.33. The number of nitrogens with zero attached hydrogens (tertiary/aromatic N) is 3. The standard InChI is InChI=1S/C13H26N4O4/c1-18-5-3-14-11-13-12-17(16-15-13)4-6-20-9-10-21-8-7-19-2/h12,14H,3-11H2,1-2H3. The van der Waals surface area contributed by atoms with Crippen molar-refractivity contribution in [2.45, 2.75) is 13.1 Å². The smallest absolute Gasteiger partial charge is 0.0964 e. The highest BCUT2D eigenvalue weighted by atomic mass is 16.5. The molecule has 8 heteroatoms. The van der Waals surface area contributed by atoms with Gasteiger partial charge in [-0.05, 0) is 0 Å². The van der Waals surface area contributed by atoms with E-state index in [2.05, 4.69) is 15.6 Å². The van der Waals surface area contributed by atoms with Crippen LogP contribution in [0.25, 0.3) is 0 Å². The maximum absolute atomic E-state index is 5.45. The van der Waals surface area contributed by atoms with Gasteiger partial charge in [0.2, 0.25) is 0 Å². The van der Waals surface area contributed by atoms with Crippen LogP contribution in [0.4, 0.5) is 0 Å². The average Bonchev–Trinajstić information content (AvgIpc) is 2.94. The first-order chi connectivity index (χ1) is 10.4. The van der Waals surface area contributed by atoms with Gasteiger partial charge in [-0.3, -0.25) is 0 Å². The van der Waals surface area contributed by atoms with Gasteiger partial charge >= 0.3 is 0 Å². The Morgan fingerprint density at radius 2 is 1.71 bits per heavy atom. The summed E-state index contributed by atoms with van der Waals surface area (Å²) < 4.78 is 22.4. The fourth-order valence-corrected chi connectivity index (χ4v) is 1.54. The molecule has 8 nitrogen and oxygen atoms in total. The number of hydrogen-bond donors (Lipinski definition) is 1. The number of aromatic nitrogens is 3. The van der Waals surface area contributed by atoms with E-state index in [1.165, 1.54) is 0 Å². The van der Waals surface area contributed by atoms with Gasteiger partial charge in [-0.1, -0.05) is 5.21 Å². The van der Waals surface area contributed by atoms with Gasteiger partial charge in [0, 0.05) is 33.5 Å². The van der Waals surface area contributed by atoms with Gasteiger partial charge in [0.25, 0.3) is 0 Å². The van der Waals surface area contributed by atoms with Crippen LogP contribution in [0.1, 0.15) is 5.69 Å². The summed E-state index contributed by atoms with van der Waals surface area (Å²) in [5.41, 5.74) is 0.911. The van der Waals surface area contributed by atoms with Crippen molar-refractivity contribution < 1.29 is 18.9 Å². The second-order valence-electron chi connectivity index (χ2n) is 4.36. The molecule has 1 rings (SSSR count). The fourth-order valence-electron chi connectivity index (χ4n) is 1.54. The van der Waals surface area contributed by atoms with Crippen LogP contribution in [0.2, 0.25) is 0 Å². The fraction of sp³-hybridized carbons (Fsp3) is 0.846. The molecule has 0 bridgehead atoms. The van der Waals surface area contributed by atoms with E-state index in [9.17, 15) is 0 Å². The lowest BCUT2D eigenvalue weighted by atomic mass is 10.4. The lowest BCUT2D eigenvalue weighted by molar-refractivity contribution is 0.0224. The lowest BCUT2D eigenvalue weighted by Gasteiger charge is -2.05. The molecule has 0 fully saturated rings. The van der Waals surface area contributed by atoms with Crippen molar-refractivity contribution in [3.8, 4) is 0 Å². The van der Waals surface area contributed by atoms with Gasteiger partial charge in [0.05, 0.1) is 51.9 Å². The Balaban J connectivity index is 1.98. The minimum absolute atomic E-state index is 0.573. The maximum Gasteiger partial charge on any atom is 0.0964 e. The first-order valence-electron chi connectivity index (χ1n) is 7.10. The zero-order valence-corrected chi connectivity index (χ0v) is 12.9. The second-order valence-corrected chi connectivity index (χ2v) is 4.36. The van der Waals surface area contributed by atoms with Gasteiger partial charge < -0.3 is 24.3 Å². The summed E-state index contributed by atoms with van der Waals surface area (Å²) in [6, 6.07) is 0. The van der Waals surface area contributed by atoms with Crippen molar-refractivity contribution in [2.75, 3.05) is 60.4 Å². The van der Waals surface area contributed by atoms with Gasteiger partial charge in [0.1, 0.15) is 0 Å². The summed E-state index contributed by atoms with van der Waals surface area (Å²) >= 11 is 0. The minimum Gasteiger partial charge on any atom is -0.383 e. The van der Waals surface area contributed by atoms with Crippen molar-refractivity contribution in [1.82, 2.24) is 20.3 Å². The van der Waals surface area contributed by atoms with Crippen molar-refractivity contribution in [2.24, 2.45) is 0 Å². The van der Waals surface area contributed by atoms with Crippen LogP contribution < -0.4 is 5.32 Å². The second kappa shape index (κ2) is 12.7. The molecule has 0 aliphatic heterocycles. The molecule has 1 N–H and O–H groups in total. The molecule has 122 valence electrons. The number of rotatable bonds is 14. The quantitative estimate of drug-likeness (QED) is 0.472. The Bertz CT molecular complexity index is 349. The minimum atomic E-state index is 0.573. The predicted octanol–water partition coefficient (Wildman–Crippen LogP) is -0.306. The Morgan fingerprint density at radius 1 is 1.00 bits per heavy atom. The third-order valence-electron chi connectivity index (χ3n) is 2.64. The van der Waals surface area contributed by atoms with Crippen LogP contribution >= 0.6 is 0 Å². The number of nitrogens with one attached hydrogen (secondary N) is 1. The highest BCUT2D eigenvalue weighted by molar-refractivity contribution is 4.91. The van der Waals surface area contributed by atoms with E-state index in [0.29, 0.717) is 52.7 Å². The van der Waals surface area contributed by atoms with E-state index in [1.54, 1.807) is 18.9 Å². The SMILES string of the molecule is COCCNCc1cn(CCOCCOCCOC)nn1. The van der Waals surface area contributed by atoms with Crippen LogP contribution in [-0.2, 0) is 32.0 Å². The largest absolute Gasteiger partial charge is 0.383 e. The van der Waals surface area contributed by atoms with Gasteiger partial charge in [-0.2, -0.15) is 0 Å². The van der Waals surface area contributed by atoms with E-state index < -0.39 is 0 Å². The normalized spacial score (nSPS) is 11.1. The van der Waals surface area contributed by atoms with Crippen molar-refractivity contribution in [3.63, 3.8) is 0 Å². The Labute approximate surface area is 125 Å². The molecular weight excluding hydrogens is 276 g/mol. The molecule has 1 heterocycles. The summed E-state index contributed by atoms with van der Waals surface area (Å²) in [6.07, 6.45) is 1.91. The molecule has 0 atom stereocenters. The van der Waals surface area contributed by atoms with E-state index in [0.717, 1.165) is 12.2 Å². The monoisotopic (exact) mass is 302 g/mol. The van der Waals surface area contributed by atoms with E-state index in [-0.39, 0.29) is 0 Å². The molecular formula is C13H26N4O4. The molecule has 0 saturated carbocycles. The van der Waals surface area contributed by atoms with E-state index in [1.807, 2.05) is 6.20 Å². The molecule has 0 amide bonds.